The van der Waals surface area contributed by atoms with Crippen molar-refractivity contribution in [1.82, 2.24) is 9.55 Å². The lowest BCUT2D eigenvalue weighted by Crippen LogP contribution is -2.67. The van der Waals surface area contributed by atoms with Crippen LogP contribution in [0.3, 0.4) is 0 Å². The number of nitrogens with zero attached hydrogens (tertiary/aromatic N) is 4. The van der Waals surface area contributed by atoms with E-state index in [1.807, 2.05) is 30.9 Å². The molecule has 0 amide bonds. The first-order valence-corrected chi connectivity index (χ1v) is 10.5. The lowest BCUT2D eigenvalue weighted by atomic mass is 9.78. The number of benzene rings is 1. The van der Waals surface area contributed by atoms with Crippen molar-refractivity contribution >= 4 is 17.8 Å². The number of rotatable bonds is 7. The summed E-state index contributed by atoms with van der Waals surface area (Å²) in [5.74, 6) is 6.29. The Balaban J connectivity index is 0.00000132. The van der Waals surface area contributed by atoms with E-state index in [0.717, 1.165) is 38.3 Å². The normalized spacial score (nSPS) is 16.3. The Kier molecular flexibility index (Phi) is 7.09. The SMILES string of the molecule is CC.N/C=C\N(N)c1ccc(-n2cc(CCC=O)nc(N3CC4(COC4)C3)c2=O)cc1. The van der Waals surface area contributed by atoms with E-state index >= 15 is 0 Å². The van der Waals surface area contributed by atoms with Crippen LogP contribution in [0.4, 0.5) is 11.5 Å². The van der Waals surface area contributed by atoms with E-state index in [-0.39, 0.29) is 11.0 Å². The Morgan fingerprint density at radius 1 is 1.23 bits per heavy atom. The Labute approximate surface area is 181 Å². The highest BCUT2D eigenvalue weighted by molar-refractivity contribution is 5.53. The molecule has 2 fully saturated rings. The maximum Gasteiger partial charge on any atom is 0.298 e. The zero-order chi connectivity index (χ0) is 22.4. The standard InChI is InChI=1S/C20H24N6O3.C2H6/c21-7-8-26(22)17-5-3-16(4-6-17)25-10-15(2-1-9-27)23-18(19(25)28)24-11-20(12-24)13-29-14-20;1-2/h3-10H,1-2,11-14,21-22H2;1-2H3/b8-7-;. The van der Waals surface area contributed by atoms with Crippen LogP contribution in [0.15, 0.2) is 47.7 Å². The molecule has 0 aliphatic carbocycles. The molecule has 1 aromatic carbocycles. The summed E-state index contributed by atoms with van der Waals surface area (Å²) in [6, 6.07) is 7.23. The van der Waals surface area contributed by atoms with Gasteiger partial charge in [-0.25, -0.2) is 10.8 Å². The van der Waals surface area contributed by atoms with Gasteiger partial charge in [-0.2, -0.15) is 0 Å². The molecular formula is C22H30N6O3. The minimum Gasteiger partial charge on any atom is -0.403 e. The molecule has 0 atom stereocenters. The third-order valence-electron chi connectivity index (χ3n) is 5.30. The molecule has 0 saturated carbocycles. The van der Waals surface area contributed by atoms with Crippen LogP contribution in [0, 0.1) is 5.41 Å². The van der Waals surface area contributed by atoms with Crippen LogP contribution < -0.4 is 27.0 Å². The zero-order valence-corrected chi connectivity index (χ0v) is 18.0. The number of hydrogen-bond acceptors (Lipinski definition) is 8. The largest absolute Gasteiger partial charge is 0.403 e. The number of aromatic nitrogens is 2. The van der Waals surface area contributed by atoms with Crippen molar-refractivity contribution in [3.63, 3.8) is 0 Å². The van der Waals surface area contributed by atoms with Crippen LogP contribution in [-0.4, -0.2) is 42.1 Å². The number of aldehydes is 1. The van der Waals surface area contributed by atoms with Gasteiger partial charge in [0.15, 0.2) is 5.82 Å². The molecule has 0 unspecified atom stereocenters. The number of hydrazine groups is 1. The molecule has 9 nitrogen and oxygen atoms in total. The van der Waals surface area contributed by atoms with Crippen molar-refractivity contribution in [1.29, 1.82) is 0 Å². The molecule has 1 aromatic heterocycles. The highest BCUT2D eigenvalue weighted by Crippen LogP contribution is 2.38. The van der Waals surface area contributed by atoms with Crippen LogP contribution in [-0.2, 0) is 16.0 Å². The van der Waals surface area contributed by atoms with Gasteiger partial charge in [0, 0.05) is 43.8 Å². The summed E-state index contributed by atoms with van der Waals surface area (Å²) in [4.78, 5) is 30.5. The lowest BCUT2D eigenvalue weighted by Gasteiger charge is -2.55. The summed E-state index contributed by atoms with van der Waals surface area (Å²) in [6.07, 6.45) is 6.28. The topological polar surface area (TPSA) is 120 Å². The number of anilines is 2. The molecule has 2 saturated heterocycles. The maximum atomic E-state index is 13.2. The van der Waals surface area contributed by atoms with E-state index in [1.54, 1.807) is 22.9 Å². The van der Waals surface area contributed by atoms with Crippen molar-refractivity contribution in [3.8, 4) is 5.69 Å². The van der Waals surface area contributed by atoms with Crippen molar-refractivity contribution in [2.45, 2.75) is 26.7 Å². The van der Waals surface area contributed by atoms with Crippen molar-refractivity contribution < 1.29 is 9.53 Å². The third-order valence-corrected chi connectivity index (χ3v) is 5.30. The first-order chi connectivity index (χ1) is 15.0. The molecule has 0 radical (unpaired) electrons. The number of aryl methyl sites for hydroxylation is 1. The monoisotopic (exact) mass is 426 g/mol. The smallest absolute Gasteiger partial charge is 0.298 e. The first kappa shape index (κ1) is 22.5. The molecule has 4 rings (SSSR count). The second-order valence-corrected chi connectivity index (χ2v) is 7.55. The third kappa shape index (κ3) is 4.62. The van der Waals surface area contributed by atoms with Gasteiger partial charge < -0.3 is 20.2 Å². The molecular weight excluding hydrogens is 396 g/mol. The summed E-state index contributed by atoms with van der Waals surface area (Å²) in [5.41, 5.74) is 7.48. The van der Waals surface area contributed by atoms with E-state index in [4.69, 9.17) is 16.3 Å². The number of carbonyl (C=O) groups excluding carboxylic acids is 1. The number of carbonyl (C=O) groups is 1. The van der Waals surface area contributed by atoms with Crippen molar-refractivity contribution in [3.05, 3.63) is 58.9 Å². The fourth-order valence-corrected chi connectivity index (χ4v) is 3.70. The molecule has 166 valence electrons. The second-order valence-electron chi connectivity index (χ2n) is 7.55. The van der Waals surface area contributed by atoms with E-state index < -0.39 is 0 Å². The molecule has 4 N–H and O–H groups in total. The van der Waals surface area contributed by atoms with Crippen LogP contribution in [0.5, 0.6) is 0 Å². The molecule has 1 spiro atoms. The van der Waals surface area contributed by atoms with Gasteiger partial charge in [0.25, 0.3) is 5.56 Å². The van der Waals surface area contributed by atoms with E-state index in [1.165, 1.54) is 17.4 Å². The maximum absolute atomic E-state index is 13.2. The quantitative estimate of drug-likeness (QED) is 0.387. The molecule has 2 aliphatic heterocycles. The van der Waals surface area contributed by atoms with Crippen LogP contribution >= 0.6 is 0 Å². The highest BCUT2D eigenvalue weighted by atomic mass is 16.5. The van der Waals surface area contributed by atoms with Crippen LogP contribution in [0.1, 0.15) is 26.0 Å². The molecule has 3 heterocycles. The molecule has 9 heteroatoms. The molecule has 2 aliphatic rings. The Bertz CT molecular complexity index is 974. The van der Waals surface area contributed by atoms with Gasteiger partial charge in [0.1, 0.15) is 6.29 Å². The predicted octanol–water partition coefficient (Wildman–Crippen LogP) is 1.34. The second kappa shape index (κ2) is 9.76. The van der Waals surface area contributed by atoms with Gasteiger partial charge in [-0.05, 0) is 30.7 Å². The molecule has 2 aromatic rings. The van der Waals surface area contributed by atoms with Gasteiger partial charge in [0.2, 0.25) is 0 Å². The van der Waals surface area contributed by atoms with Crippen LogP contribution in [0.25, 0.3) is 5.69 Å². The highest BCUT2D eigenvalue weighted by Gasteiger charge is 2.50. The van der Waals surface area contributed by atoms with Gasteiger partial charge >= 0.3 is 0 Å². The summed E-state index contributed by atoms with van der Waals surface area (Å²) in [7, 11) is 0. The minimum atomic E-state index is -0.186. The Hall–Kier alpha value is -3.17. The zero-order valence-electron chi connectivity index (χ0n) is 18.0. The van der Waals surface area contributed by atoms with Gasteiger partial charge in [-0.3, -0.25) is 14.4 Å². The summed E-state index contributed by atoms with van der Waals surface area (Å²) < 4.78 is 6.89. The lowest BCUT2D eigenvalue weighted by molar-refractivity contribution is -0.127. The van der Waals surface area contributed by atoms with E-state index in [0.29, 0.717) is 30.0 Å². The average molecular weight is 427 g/mol. The summed E-state index contributed by atoms with van der Waals surface area (Å²) in [6.45, 7) is 6.99. The molecule has 31 heavy (non-hydrogen) atoms. The number of nitrogens with two attached hydrogens (primary N) is 2. The van der Waals surface area contributed by atoms with Gasteiger partial charge in [0.05, 0.1) is 30.0 Å². The molecule has 0 bridgehead atoms. The predicted molar refractivity (Wildman–Crippen MR) is 121 cm³/mol. The van der Waals surface area contributed by atoms with E-state index in [2.05, 4.69) is 4.98 Å². The van der Waals surface area contributed by atoms with Crippen LogP contribution in [0.2, 0.25) is 0 Å². The van der Waals surface area contributed by atoms with E-state index in [9.17, 15) is 9.59 Å². The van der Waals surface area contributed by atoms with Crippen molar-refractivity contribution in [2.24, 2.45) is 17.0 Å². The number of hydrogen-bond donors (Lipinski definition) is 2. The number of ether oxygens (including phenoxy) is 1. The fourth-order valence-electron chi connectivity index (χ4n) is 3.70. The van der Waals surface area contributed by atoms with Gasteiger partial charge in [-0.1, -0.05) is 13.8 Å². The van der Waals surface area contributed by atoms with Gasteiger partial charge in [-0.15, -0.1) is 0 Å². The minimum absolute atomic E-state index is 0.167. The Morgan fingerprint density at radius 2 is 1.90 bits per heavy atom. The summed E-state index contributed by atoms with van der Waals surface area (Å²) >= 11 is 0. The summed E-state index contributed by atoms with van der Waals surface area (Å²) in [5, 5.41) is 1.39. The Morgan fingerprint density at radius 3 is 2.45 bits per heavy atom. The first-order valence-electron chi connectivity index (χ1n) is 10.5. The van der Waals surface area contributed by atoms with Crippen molar-refractivity contribution in [2.75, 3.05) is 36.2 Å². The average Bonchev–Trinajstić information content (AvgIpc) is 2.73. The fraction of sp³-hybridized carbons (Fsp3) is 0.409.